The van der Waals surface area contributed by atoms with Crippen LogP contribution in [0.4, 0.5) is 0 Å². The Labute approximate surface area is 384 Å². The number of hydrazine groups is 1. The first-order chi connectivity index (χ1) is 31.3. The van der Waals surface area contributed by atoms with Crippen molar-refractivity contribution in [1.82, 2.24) is 30.2 Å². The Balaban J connectivity index is 1.26. The van der Waals surface area contributed by atoms with Crippen LogP contribution in [-0.2, 0) is 48.0 Å². The fourth-order valence-corrected chi connectivity index (χ4v) is 9.80. The lowest BCUT2D eigenvalue weighted by molar-refractivity contribution is -0.155. The molecule has 2 aromatic heterocycles. The normalized spacial score (nSPS) is 21.4. The summed E-state index contributed by atoms with van der Waals surface area (Å²) < 4.78 is 19.4. The van der Waals surface area contributed by atoms with Crippen molar-refractivity contribution in [1.29, 1.82) is 0 Å². The Hall–Kier alpha value is -5.24. The number of fused-ring (bicyclic) bond motifs is 6. The van der Waals surface area contributed by atoms with Crippen LogP contribution in [0.3, 0.4) is 0 Å². The van der Waals surface area contributed by atoms with Gasteiger partial charge in [0.05, 0.1) is 55.8 Å². The standard InChI is InChI=1S/C51H68N8O6/c1-9-58-44-18-17-38-27-40(44)41(47(58)39-15-11-20-54-45(39)34(4)64-8)28-51(5,6)31-65-50(62)42-16-12-22-59(56-42)49(61)43(26-35-13-10-14-37(38)25-35)55-48(60)46(33(2)3)57-23-19-36(30-57)29-53-32-52-21-24-63-7/h10-11,13-15,17-18,20,25,27,33-34,36,42-43,46,56H,9,12,16,19,21-24,26,28-31H2,1-8H3,(H,55,60)/t34-,36+,42-,43-,46-/m0/s1. The van der Waals surface area contributed by atoms with E-state index in [1.165, 1.54) is 5.01 Å². The number of nitrogens with zero attached hydrogens (tertiary/aromatic N) is 6. The fourth-order valence-electron chi connectivity index (χ4n) is 9.80. The molecule has 65 heavy (non-hydrogen) atoms. The largest absolute Gasteiger partial charge is 0.464 e. The van der Waals surface area contributed by atoms with Crippen molar-refractivity contribution < 1.29 is 28.6 Å². The highest BCUT2D eigenvalue weighted by atomic mass is 16.5. The van der Waals surface area contributed by atoms with Gasteiger partial charge in [-0.25, -0.2) is 15.4 Å². The number of ether oxygens (including phenoxy) is 3. The lowest BCUT2D eigenvalue weighted by atomic mass is 9.84. The molecule has 0 unspecified atom stereocenters. The van der Waals surface area contributed by atoms with Crippen molar-refractivity contribution in [3.8, 4) is 22.4 Å². The summed E-state index contributed by atoms with van der Waals surface area (Å²) in [7, 11) is 3.34. The van der Waals surface area contributed by atoms with Gasteiger partial charge in [-0.05, 0) is 104 Å². The Morgan fingerprint density at radius 1 is 1.05 bits per heavy atom. The molecule has 3 aliphatic heterocycles. The van der Waals surface area contributed by atoms with Gasteiger partial charge < -0.3 is 24.1 Å². The Morgan fingerprint density at radius 3 is 2.63 bits per heavy atom. The molecule has 14 heteroatoms. The molecular weight excluding hydrogens is 821 g/mol. The highest BCUT2D eigenvalue weighted by Crippen LogP contribution is 2.42. The molecule has 0 saturated carbocycles. The van der Waals surface area contributed by atoms with E-state index in [0.29, 0.717) is 52.0 Å². The van der Waals surface area contributed by atoms with Crippen molar-refractivity contribution in [3.63, 3.8) is 0 Å². The van der Waals surface area contributed by atoms with E-state index in [-0.39, 0.29) is 42.8 Å². The summed E-state index contributed by atoms with van der Waals surface area (Å²) in [5.41, 5.74) is 10.9. The molecule has 2 aromatic carbocycles. The van der Waals surface area contributed by atoms with E-state index in [0.717, 1.165) is 69.6 Å². The number of likely N-dealkylation sites (tertiary alicyclic amines) is 1. The van der Waals surface area contributed by atoms with E-state index >= 15 is 0 Å². The first kappa shape index (κ1) is 47.7. The van der Waals surface area contributed by atoms with E-state index in [1.807, 2.05) is 45.2 Å². The van der Waals surface area contributed by atoms with Crippen molar-refractivity contribution >= 4 is 34.7 Å². The van der Waals surface area contributed by atoms with E-state index < -0.39 is 29.5 Å². The zero-order valence-electron chi connectivity index (χ0n) is 39.6. The summed E-state index contributed by atoms with van der Waals surface area (Å²) in [6, 6.07) is 19.7. The number of amides is 2. The molecule has 2 N–H and O–H groups in total. The summed E-state index contributed by atoms with van der Waals surface area (Å²) in [4.78, 5) is 58.8. The minimum Gasteiger partial charge on any atom is -0.464 e. The number of pyridine rings is 1. The summed E-state index contributed by atoms with van der Waals surface area (Å²) in [5, 5.41) is 5.86. The highest BCUT2D eigenvalue weighted by Gasteiger charge is 2.39. The molecule has 14 nitrogen and oxygen atoms in total. The lowest BCUT2D eigenvalue weighted by Gasteiger charge is -2.36. The SMILES string of the molecule is CCn1c(-c2cccnc2[C@H](C)OC)c2c3cc(ccc31)-c1cccc(c1)C[C@H](NC(=O)[C@H](C(C)C)N1CC[C@H](CN=C=NCCOC)C1)C(=O)N1CCC[C@H](N1)C(=O)OCC(C)(C)C2. The predicted octanol–water partition coefficient (Wildman–Crippen LogP) is 6.91. The van der Waals surface area contributed by atoms with E-state index in [9.17, 15) is 14.4 Å². The first-order valence-corrected chi connectivity index (χ1v) is 23.4. The minimum atomic E-state index is -0.899. The molecule has 2 fully saturated rings. The molecule has 6 bridgehead atoms. The number of aliphatic imine (C=N–C) groups is 2. The quantitative estimate of drug-likeness (QED) is 0.0829. The molecule has 0 aliphatic carbocycles. The highest BCUT2D eigenvalue weighted by molar-refractivity contribution is 5.95. The zero-order chi connectivity index (χ0) is 46.3. The van der Waals surface area contributed by atoms with Gasteiger partial charge in [0.1, 0.15) is 12.1 Å². The lowest BCUT2D eigenvalue weighted by Crippen LogP contribution is -2.62. The van der Waals surface area contributed by atoms with Crippen LogP contribution in [0.25, 0.3) is 33.3 Å². The zero-order valence-corrected chi connectivity index (χ0v) is 39.6. The fraction of sp³-hybridized carbons (Fsp3) is 0.549. The number of nitrogens with one attached hydrogen (secondary N) is 2. The van der Waals surface area contributed by atoms with Crippen LogP contribution in [0, 0.1) is 17.3 Å². The summed E-state index contributed by atoms with van der Waals surface area (Å²) in [6.45, 7) is 16.9. The van der Waals surface area contributed by atoms with Crippen molar-refractivity contribution in [2.75, 3.05) is 60.2 Å². The van der Waals surface area contributed by atoms with Gasteiger partial charge in [0.2, 0.25) is 5.91 Å². The Bertz CT molecular complexity index is 2390. The second-order valence-electron chi connectivity index (χ2n) is 19.0. The third-order valence-corrected chi connectivity index (χ3v) is 13.1. The Kier molecular flexibility index (Phi) is 15.7. The molecule has 2 saturated heterocycles. The number of cyclic esters (lactones) is 1. The molecule has 5 atom stereocenters. The molecule has 7 rings (SSSR count). The van der Waals surface area contributed by atoms with Gasteiger partial charge in [-0.2, -0.15) is 0 Å². The van der Waals surface area contributed by atoms with E-state index in [1.54, 1.807) is 14.2 Å². The van der Waals surface area contributed by atoms with Crippen LogP contribution >= 0.6 is 0 Å². The monoisotopic (exact) mass is 889 g/mol. The maximum absolute atomic E-state index is 14.7. The molecule has 2 amide bonds. The number of carbonyl (C=O) groups is 3. The van der Waals surface area contributed by atoms with Crippen molar-refractivity contribution in [2.24, 2.45) is 27.2 Å². The topological polar surface area (TPSA) is 152 Å². The molecule has 4 aromatic rings. The van der Waals surface area contributed by atoms with Crippen LogP contribution in [0.15, 0.2) is 70.8 Å². The number of hydrogen-bond acceptors (Lipinski definition) is 11. The molecule has 3 aliphatic rings. The Morgan fingerprint density at radius 2 is 1.86 bits per heavy atom. The second-order valence-corrected chi connectivity index (χ2v) is 19.0. The van der Waals surface area contributed by atoms with Crippen molar-refractivity contribution in [2.45, 2.75) is 104 Å². The number of carbonyl (C=O) groups excluding carboxylic acids is 3. The van der Waals surface area contributed by atoms with Gasteiger partial charge in [0.15, 0.2) is 0 Å². The first-order valence-electron chi connectivity index (χ1n) is 23.4. The smallest absolute Gasteiger partial charge is 0.324 e. The van der Waals surface area contributed by atoms with Gasteiger partial charge in [-0.3, -0.25) is 29.3 Å². The predicted molar refractivity (Wildman–Crippen MR) is 253 cm³/mol. The van der Waals surface area contributed by atoms with Gasteiger partial charge in [0.25, 0.3) is 5.91 Å². The van der Waals surface area contributed by atoms with Gasteiger partial charge in [-0.1, -0.05) is 58.0 Å². The van der Waals surface area contributed by atoms with Crippen LogP contribution in [0.1, 0.15) is 83.7 Å². The van der Waals surface area contributed by atoms with Gasteiger partial charge >= 0.3 is 5.97 Å². The van der Waals surface area contributed by atoms with Crippen LogP contribution in [0.5, 0.6) is 0 Å². The number of aromatic nitrogens is 2. The third-order valence-electron chi connectivity index (χ3n) is 13.1. The molecule has 0 radical (unpaired) electrons. The second kappa shape index (κ2) is 21.4. The van der Waals surface area contributed by atoms with Crippen LogP contribution in [0.2, 0.25) is 0 Å². The van der Waals surface area contributed by atoms with E-state index in [2.05, 4.69) is 93.4 Å². The minimum absolute atomic E-state index is 0.0157. The van der Waals surface area contributed by atoms with Gasteiger partial charge in [0, 0.05) is 68.4 Å². The number of aryl methyl sites for hydroxylation is 1. The maximum atomic E-state index is 14.7. The molecule has 5 heterocycles. The van der Waals surface area contributed by atoms with Gasteiger partial charge in [-0.15, -0.1) is 0 Å². The number of esters is 1. The number of methoxy groups -OCH3 is 2. The molecule has 348 valence electrons. The third kappa shape index (κ3) is 11.1. The average Bonchev–Trinajstić information content (AvgIpc) is 3.89. The van der Waals surface area contributed by atoms with Crippen LogP contribution in [-0.4, -0.2) is 122 Å². The summed E-state index contributed by atoms with van der Waals surface area (Å²) in [5.74, 6) is -0.630. The van der Waals surface area contributed by atoms with Crippen molar-refractivity contribution in [3.05, 3.63) is 77.6 Å². The number of benzene rings is 2. The summed E-state index contributed by atoms with van der Waals surface area (Å²) in [6.07, 6.45) is 4.49. The summed E-state index contributed by atoms with van der Waals surface area (Å²) >= 11 is 0. The molecular formula is C51H68N8O6. The van der Waals surface area contributed by atoms with Crippen LogP contribution < -0.4 is 10.7 Å². The molecule has 0 spiro atoms. The number of hydrogen-bond donors (Lipinski definition) is 2. The number of rotatable bonds is 13. The average molecular weight is 889 g/mol. The van der Waals surface area contributed by atoms with E-state index in [4.69, 9.17) is 19.2 Å². The maximum Gasteiger partial charge on any atom is 0.324 e.